The molecule has 100 valence electrons. The molecule has 0 spiro atoms. The number of hydrogen-bond acceptors (Lipinski definition) is 6. The summed E-state index contributed by atoms with van der Waals surface area (Å²) in [7, 11) is 0. The van der Waals surface area contributed by atoms with Gasteiger partial charge >= 0.3 is 5.97 Å². The normalized spacial score (nSPS) is 10.6. The van der Waals surface area contributed by atoms with Crippen LogP contribution in [-0.4, -0.2) is 28.3 Å². The number of nitrogen functional groups attached to an aromatic ring is 1. The fraction of sp³-hybridized carbons (Fsp3) is 0.250. The maximum absolute atomic E-state index is 11.8. The van der Waals surface area contributed by atoms with E-state index in [-0.39, 0.29) is 17.3 Å². The van der Waals surface area contributed by atoms with Crippen LogP contribution in [0.25, 0.3) is 10.9 Å². The highest BCUT2D eigenvalue weighted by Crippen LogP contribution is 2.16. The molecule has 6 nitrogen and oxygen atoms in total. The van der Waals surface area contributed by atoms with Crippen LogP contribution in [0.5, 0.6) is 0 Å². The number of benzene rings is 1. The number of fused-ring (bicyclic) bond motifs is 1. The number of carbonyl (C=O) groups is 1. The standard InChI is InChI=1S/C12H13N3O3S/c1-2-18-10(16)6-19-12-14-9-4-3-7(13)5-8(9)11(17)15-12/h3-5H,2,6,13H2,1H3,(H,14,15,17). The Morgan fingerprint density at radius 2 is 2.32 bits per heavy atom. The Morgan fingerprint density at radius 3 is 3.05 bits per heavy atom. The molecule has 0 aliphatic heterocycles. The van der Waals surface area contributed by atoms with Crippen LogP contribution in [0.4, 0.5) is 5.69 Å². The van der Waals surface area contributed by atoms with Gasteiger partial charge in [0.2, 0.25) is 0 Å². The van der Waals surface area contributed by atoms with Gasteiger partial charge in [-0.25, -0.2) is 4.98 Å². The zero-order valence-corrected chi connectivity index (χ0v) is 11.1. The fourth-order valence-corrected chi connectivity index (χ4v) is 2.20. The summed E-state index contributed by atoms with van der Waals surface area (Å²) in [5.41, 5.74) is 6.39. The molecule has 1 aromatic heterocycles. The lowest BCUT2D eigenvalue weighted by atomic mass is 10.2. The number of anilines is 1. The number of thioether (sulfide) groups is 1. The Morgan fingerprint density at radius 1 is 1.53 bits per heavy atom. The van der Waals surface area contributed by atoms with E-state index in [2.05, 4.69) is 9.97 Å². The first kappa shape index (κ1) is 13.4. The quantitative estimate of drug-likeness (QED) is 0.377. The van der Waals surface area contributed by atoms with Gasteiger partial charge in [-0.2, -0.15) is 0 Å². The minimum absolute atomic E-state index is 0.108. The third-order valence-electron chi connectivity index (χ3n) is 2.34. The van der Waals surface area contributed by atoms with E-state index in [1.165, 1.54) is 0 Å². The van der Waals surface area contributed by atoms with Crippen LogP contribution in [-0.2, 0) is 9.53 Å². The van der Waals surface area contributed by atoms with Crippen molar-refractivity contribution in [3.8, 4) is 0 Å². The number of hydrogen-bond donors (Lipinski definition) is 2. The minimum Gasteiger partial charge on any atom is -0.465 e. The van der Waals surface area contributed by atoms with Crippen molar-refractivity contribution in [2.75, 3.05) is 18.1 Å². The van der Waals surface area contributed by atoms with Crippen LogP contribution in [0.2, 0.25) is 0 Å². The third kappa shape index (κ3) is 3.25. The number of rotatable bonds is 4. The van der Waals surface area contributed by atoms with Crippen LogP contribution < -0.4 is 11.3 Å². The monoisotopic (exact) mass is 279 g/mol. The molecule has 0 saturated carbocycles. The molecule has 7 heteroatoms. The SMILES string of the molecule is CCOC(=O)CSc1nc2ccc(N)cc2c(=O)[nH]1. The highest BCUT2D eigenvalue weighted by atomic mass is 32.2. The lowest BCUT2D eigenvalue weighted by Crippen LogP contribution is -2.11. The molecule has 0 aliphatic carbocycles. The fourth-order valence-electron chi connectivity index (χ4n) is 1.53. The van der Waals surface area contributed by atoms with Gasteiger partial charge in [0, 0.05) is 5.69 Å². The summed E-state index contributed by atoms with van der Waals surface area (Å²) in [6.45, 7) is 2.07. The van der Waals surface area contributed by atoms with E-state index in [9.17, 15) is 9.59 Å². The highest BCUT2D eigenvalue weighted by Gasteiger charge is 2.08. The van der Waals surface area contributed by atoms with E-state index in [1.807, 2.05) is 0 Å². The number of esters is 1. The number of carbonyl (C=O) groups excluding carboxylic acids is 1. The molecule has 1 aromatic carbocycles. The Bertz CT molecular complexity index is 669. The van der Waals surface area contributed by atoms with E-state index < -0.39 is 0 Å². The summed E-state index contributed by atoms with van der Waals surface area (Å²) >= 11 is 1.13. The molecule has 2 rings (SSSR count). The number of nitrogens with one attached hydrogen (secondary N) is 1. The number of aromatic amines is 1. The highest BCUT2D eigenvalue weighted by molar-refractivity contribution is 7.99. The van der Waals surface area contributed by atoms with Crippen molar-refractivity contribution in [3.05, 3.63) is 28.6 Å². The van der Waals surface area contributed by atoms with E-state index in [1.54, 1.807) is 25.1 Å². The minimum atomic E-state index is -0.340. The Kier molecular flexibility index (Phi) is 4.06. The second kappa shape index (κ2) is 5.75. The summed E-state index contributed by atoms with van der Waals surface area (Å²) in [4.78, 5) is 29.9. The number of H-pyrrole nitrogens is 1. The van der Waals surface area contributed by atoms with E-state index in [4.69, 9.17) is 10.5 Å². The van der Waals surface area contributed by atoms with Gasteiger partial charge in [-0.05, 0) is 25.1 Å². The molecule has 0 atom stereocenters. The van der Waals surface area contributed by atoms with Crippen LogP contribution in [0, 0.1) is 0 Å². The number of nitrogens with two attached hydrogens (primary N) is 1. The predicted octanol–water partition coefficient (Wildman–Crippen LogP) is 1.16. The van der Waals surface area contributed by atoms with E-state index in [0.717, 1.165) is 11.8 Å². The molecular formula is C12H13N3O3S. The zero-order valence-electron chi connectivity index (χ0n) is 10.3. The van der Waals surface area contributed by atoms with Crippen molar-refractivity contribution in [2.45, 2.75) is 12.1 Å². The lowest BCUT2D eigenvalue weighted by molar-refractivity contribution is -0.139. The Labute approximate surface area is 113 Å². The summed E-state index contributed by atoms with van der Waals surface area (Å²) in [6, 6.07) is 4.92. The molecule has 19 heavy (non-hydrogen) atoms. The average molecular weight is 279 g/mol. The van der Waals surface area contributed by atoms with Gasteiger partial charge in [-0.1, -0.05) is 11.8 Å². The average Bonchev–Trinajstić information content (AvgIpc) is 2.38. The first-order chi connectivity index (χ1) is 9.10. The van der Waals surface area contributed by atoms with E-state index in [0.29, 0.717) is 28.4 Å². The van der Waals surface area contributed by atoms with Gasteiger partial charge in [-0.15, -0.1) is 0 Å². The molecule has 0 radical (unpaired) electrons. The van der Waals surface area contributed by atoms with Gasteiger partial charge in [0.25, 0.3) is 5.56 Å². The van der Waals surface area contributed by atoms with Crippen LogP contribution >= 0.6 is 11.8 Å². The molecule has 0 unspecified atom stereocenters. The summed E-state index contributed by atoms with van der Waals surface area (Å²) in [5.74, 6) is -0.232. The Hall–Kier alpha value is -2.02. The maximum atomic E-state index is 11.8. The largest absolute Gasteiger partial charge is 0.465 e. The van der Waals surface area contributed by atoms with Gasteiger partial charge in [0.15, 0.2) is 5.16 Å². The number of ether oxygens (including phenoxy) is 1. The maximum Gasteiger partial charge on any atom is 0.316 e. The topological polar surface area (TPSA) is 98.1 Å². The number of nitrogens with zero attached hydrogens (tertiary/aromatic N) is 1. The lowest BCUT2D eigenvalue weighted by Gasteiger charge is -2.03. The first-order valence-corrected chi connectivity index (χ1v) is 6.66. The Balaban J connectivity index is 2.24. The molecule has 0 fully saturated rings. The summed E-state index contributed by atoms with van der Waals surface area (Å²) < 4.78 is 4.80. The summed E-state index contributed by atoms with van der Waals surface area (Å²) in [6.07, 6.45) is 0. The van der Waals surface area contributed by atoms with Crippen molar-refractivity contribution in [1.29, 1.82) is 0 Å². The van der Waals surface area contributed by atoms with Crippen molar-refractivity contribution in [3.63, 3.8) is 0 Å². The molecule has 2 aromatic rings. The molecule has 0 saturated heterocycles. The number of aromatic nitrogens is 2. The molecule has 1 heterocycles. The smallest absolute Gasteiger partial charge is 0.316 e. The molecule has 0 aliphatic rings. The van der Waals surface area contributed by atoms with Gasteiger partial charge < -0.3 is 15.5 Å². The molecular weight excluding hydrogens is 266 g/mol. The van der Waals surface area contributed by atoms with Crippen molar-refractivity contribution < 1.29 is 9.53 Å². The second-order valence-electron chi connectivity index (χ2n) is 3.74. The third-order valence-corrected chi connectivity index (χ3v) is 3.19. The summed E-state index contributed by atoms with van der Waals surface area (Å²) in [5, 5.41) is 0.816. The van der Waals surface area contributed by atoms with Crippen LogP contribution in [0.1, 0.15) is 6.92 Å². The van der Waals surface area contributed by atoms with Crippen molar-refractivity contribution >= 4 is 34.3 Å². The zero-order chi connectivity index (χ0) is 13.8. The molecule has 0 bridgehead atoms. The van der Waals surface area contributed by atoms with Gasteiger partial charge in [0.05, 0.1) is 23.3 Å². The molecule has 0 amide bonds. The van der Waals surface area contributed by atoms with E-state index >= 15 is 0 Å². The van der Waals surface area contributed by atoms with Crippen molar-refractivity contribution in [1.82, 2.24) is 9.97 Å². The van der Waals surface area contributed by atoms with Gasteiger partial charge in [-0.3, -0.25) is 9.59 Å². The molecule has 3 N–H and O–H groups in total. The van der Waals surface area contributed by atoms with Crippen LogP contribution in [0.15, 0.2) is 28.2 Å². The van der Waals surface area contributed by atoms with Crippen molar-refractivity contribution in [2.24, 2.45) is 0 Å². The van der Waals surface area contributed by atoms with Crippen LogP contribution in [0.3, 0.4) is 0 Å². The first-order valence-electron chi connectivity index (χ1n) is 5.68. The second-order valence-corrected chi connectivity index (χ2v) is 4.71. The predicted molar refractivity (Wildman–Crippen MR) is 74.1 cm³/mol. The van der Waals surface area contributed by atoms with Gasteiger partial charge in [0.1, 0.15) is 0 Å².